The van der Waals surface area contributed by atoms with Crippen LogP contribution < -0.4 is 17.2 Å². The van der Waals surface area contributed by atoms with Crippen molar-refractivity contribution in [1.29, 1.82) is 0 Å². The van der Waals surface area contributed by atoms with E-state index in [1.54, 1.807) is 17.8 Å². The Kier molecular flexibility index (Phi) is 5.78. The molecule has 2 saturated heterocycles. The van der Waals surface area contributed by atoms with E-state index < -0.39 is 23.3 Å². The maximum Gasteiger partial charge on any atom is 0.239 e. The zero-order chi connectivity index (χ0) is 26.7. The number of para-hydroxylation sites is 1. The number of anilines is 2. The number of benzene rings is 1. The highest BCUT2D eigenvalue weighted by Crippen LogP contribution is 2.44. The summed E-state index contributed by atoms with van der Waals surface area (Å²) < 4.78 is 8.18. The molecule has 0 aliphatic carbocycles. The van der Waals surface area contributed by atoms with E-state index >= 15 is 0 Å². The molecule has 4 aromatic rings. The lowest BCUT2D eigenvalue weighted by Gasteiger charge is -2.51. The van der Waals surface area contributed by atoms with Crippen LogP contribution in [0.5, 0.6) is 0 Å². The number of rotatable bonds is 4. The number of aliphatic hydroxyl groups is 1. The molecule has 12 heteroatoms. The van der Waals surface area contributed by atoms with Crippen LogP contribution >= 0.6 is 0 Å². The Labute approximate surface area is 219 Å². The zero-order valence-electron chi connectivity index (χ0n) is 21.3. The van der Waals surface area contributed by atoms with Gasteiger partial charge in [0.15, 0.2) is 11.5 Å². The SMILES string of the molecule is C[C@@]1(O)CC2(CCN(C(=O)[C@@H](N)Cc3c[nH]c4ccccc34)CC2)OC[C@H]1n1cnc2c(N)nc(N)nc21. The van der Waals surface area contributed by atoms with Crippen molar-refractivity contribution < 1.29 is 14.6 Å². The van der Waals surface area contributed by atoms with Crippen molar-refractivity contribution in [1.82, 2.24) is 29.4 Å². The van der Waals surface area contributed by atoms with E-state index in [2.05, 4.69) is 19.9 Å². The van der Waals surface area contributed by atoms with Gasteiger partial charge in [-0.3, -0.25) is 4.79 Å². The van der Waals surface area contributed by atoms with E-state index in [-0.39, 0.29) is 24.3 Å². The number of hydrogen-bond donors (Lipinski definition) is 5. The molecule has 0 saturated carbocycles. The molecular weight excluding hydrogens is 486 g/mol. The second-order valence-corrected chi connectivity index (χ2v) is 10.8. The van der Waals surface area contributed by atoms with Crippen LogP contribution in [0.2, 0.25) is 0 Å². The number of hydrogen-bond acceptors (Lipinski definition) is 9. The number of amides is 1. The van der Waals surface area contributed by atoms with Crippen molar-refractivity contribution in [3.63, 3.8) is 0 Å². The molecule has 0 radical (unpaired) electrons. The van der Waals surface area contributed by atoms with Gasteiger partial charge in [0, 0.05) is 36.6 Å². The van der Waals surface area contributed by atoms with Crippen LogP contribution in [0.1, 0.15) is 37.8 Å². The number of piperidine rings is 1. The fraction of sp³-hybridized carbons (Fsp3) is 0.462. The molecule has 1 aromatic carbocycles. The lowest BCUT2D eigenvalue weighted by molar-refractivity contribution is -0.197. The maximum atomic E-state index is 13.2. The van der Waals surface area contributed by atoms with Gasteiger partial charge in [0.05, 0.1) is 36.2 Å². The van der Waals surface area contributed by atoms with Crippen molar-refractivity contribution in [2.45, 2.75) is 55.9 Å². The maximum absolute atomic E-state index is 13.2. The second-order valence-electron chi connectivity index (χ2n) is 10.8. The van der Waals surface area contributed by atoms with Crippen LogP contribution in [-0.4, -0.2) is 77.4 Å². The first-order chi connectivity index (χ1) is 18.2. The number of carbonyl (C=O) groups is 1. The first-order valence-electron chi connectivity index (χ1n) is 12.9. The minimum Gasteiger partial charge on any atom is -0.388 e. The van der Waals surface area contributed by atoms with Gasteiger partial charge in [-0.25, -0.2) is 4.98 Å². The predicted molar refractivity (Wildman–Crippen MR) is 143 cm³/mol. The molecule has 3 aromatic heterocycles. The van der Waals surface area contributed by atoms with Crippen LogP contribution in [0, 0.1) is 0 Å². The molecule has 200 valence electrons. The lowest BCUT2D eigenvalue weighted by atomic mass is 9.75. The van der Waals surface area contributed by atoms with Crippen LogP contribution in [-0.2, 0) is 16.0 Å². The monoisotopic (exact) mass is 519 g/mol. The highest BCUT2D eigenvalue weighted by atomic mass is 16.5. The fourth-order valence-electron chi connectivity index (χ4n) is 6.14. The van der Waals surface area contributed by atoms with Crippen LogP contribution in [0.25, 0.3) is 22.1 Å². The summed E-state index contributed by atoms with van der Waals surface area (Å²) in [6, 6.07) is 6.94. The number of fused-ring (bicyclic) bond motifs is 2. The van der Waals surface area contributed by atoms with Crippen molar-refractivity contribution in [3.05, 3.63) is 42.4 Å². The van der Waals surface area contributed by atoms with E-state index in [1.165, 1.54) is 0 Å². The Morgan fingerprint density at radius 2 is 2.03 bits per heavy atom. The number of carbonyl (C=O) groups excluding carboxylic acids is 1. The highest BCUT2D eigenvalue weighted by molar-refractivity contribution is 5.86. The van der Waals surface area contributed by atoms with Gasteiger partial charge in [-0.15, -0.1) is 0 Å². The summed E-state index contributed by atoms with van der Waals surface area (Å²) >= 11 is 0. The Balaban J connectivity index is 1.12. The van der Waals surface area contributed by atoms with E-state index in [9.17, 15) is 9.90 Å². The Morgan fingerprint density at radius 1 is 1.26 bits per heavy atom. The summed E-state index contributed by atoms with van der Waals surface area (Å²) in [6.07, 6.45) is 5.63. The van der Waals surface area contributed by atoms with Gasteiger partial charge < -0.3 is 41.5 Å². The van der Waals surface area contributed by atoms with Crippen molar-refractivity contribution in [2.24, 2.45) is 5.73 Å². The average Bonchev–Trinajstić information content (AvgIpc) is 3.48. The van der Waals surface area contributed by atoms with Crippen LogP contribution in [0.15, 0.2) is 36.8 Å². The second kappa shape index (κ2) is 8.93. The summed E-state index contributed by atoms with van der Waals surface area (Å²) in [4.78, 5) is 30.8. The van der Waals surface area contributed by atoms with Gasteiger partial charge in [0.1, 0.15) is 5.52 Å². The molecule has 0 unspecified atom stereocenters. The molecule has 38 heavy (non-hydrogen) atoms. The number of nitrogens with zero attached hydrogens (tertiary/aromatic N) is 5. The molecule has 0 bridgehead atoms. The number of aromatic nitrogens is 5. The van der Waals surface area contributed by atoms with Gasteiger partial charge in [-0.2, -0.15) is 9.97 Å². The van der Waals surface area contributed by atoms with Gasteiger partial charge in [-0.1, -0.05) is 18.2 Å². The van der Waals surface area contributed by atoms with E-state index in [4.69, 9.17) is 21.9 Å². The summed E-state index contributed by atoms with van der Waals surface area (Å²) in [7, 11) is 0. The number of nitrogens with two attached hydrogens (primary N) is 3. The molecule has 12 nitrogen and oxygen atoms in total. The lowest BCUT2D eigenvalue weighted by Crippen LogP contribution is -2.59. The summed E-state index contributed by atoms with van der Waals surface area (Å²) in [5, 5.41) is 12.7. The van der Waals surface area contributed by atoms with Gasteiger partial charge in [0.25, 0.3) is 0 Å². The molecule has 8 N–H and O–H groups in total. The topological polar surface area (TPSA) is 187 Å². The molecule has 2 fully saturated rings. The van der Waals surface area contributed by atoms with Gasteiger partial charge in [-0.05, 0) is 37.8 Å². The Morgan fingerprint density at radius 3 is 2.79 bits per heavy atom. The third-order valence-electron chi connectivity index (χ3n) is 8.17. The molecule has 2 aliphatic rings. The Bertz CT molecular complexity index is 1500. The van der Waals surface area contributed by atoms with E-state index in [0.717, 1.165) is 16.5 Å². The molecule has 2 aliphatic heterocycles. The average molecular weight is 520 g/mol. The van der Waals surface area contributed by atoms with Crippen LogP contribution in [0.3, 0.4) is 0 Å². The normalized spacial score (nSPS) is 24.3. The highest BCUT2D eigenvalue weighted by Gasteiger charge is 2.50. The van der Waals surface area contributed by atoms with Gasteiger partial charge in [0.2, 0.25) is 11.9 Å². The van der Waals surface area contributed by atoms with Crippen molar-refractivity contribution >= 4 is 39.7 Å². The van der Waals surface area contributed by atoms with Crippen molar-refractivity contribution in [2.75, 3.05) is 31.2 Å². The minimum absolute atomic E-state index is 0.0459. The third-order valence-corrected chi connectivity index (χ3v) is 8.17. The number of nitrogen functional groups attached to an aromatic ring is 2. The number of aromatic amines is 1. The van der Waals surface area contributed by atoms with E-state index in [0.29, 0.717) is 49.9 Å². The standard InChI is InChI=1S/C26H33N9O3/c1-25(37)13-26(38-12-19(25)35-14-31-20-21(28)32-24(29)33-22(20)35)6-8-34(9-7-26)23(36)17(27)10-15-11-30-18-5-3-2-4-16(15)18/h2-5,11,14,17,19,30,37H,6-10,12-13,27H2,1H3,(H4,28,29,32,33)/t17-,19+,25+/m0/s1. The summed E-state index contributed by atoms with van der Waals surface area (Å²) in [5.74, 6) is 0.175. The summed E-state index contributed by atoms with van der Waals surface area (Å²) in [6.45, 7) is 3.11. The number of likely N-dealkylation sites (tertiary alicyclic amines) is 1. The quantitative estimate of drug-likeness (QED) is 0.263. The molecule has 1 amide bonds. The molecule has 5 heterocycles. The molecule has 1 spiro atoms. The molecular formula is C26H33N9O3. The fourth-order valence-corrected chi connectivity index (χ4v) is 6.14. The number of nitrogens with one attached hydrogen (secondary N) is 1. The van der Waals surface area contributed by atoms with Crippen molar-refractivity contribution in [3.8, 4) is 0 Å². The molecule has 6 rings (SSSR count). The Hall–Kier alpha value is -3.74. The smallest absolute Gasteiger partial charge is 0.239 e. The zero-order valence-corrected chi connectivity index (χ0v) is 21.3. The van der Waals surface area contributed by atoms with Gasteiger partial charge >= 0.3 is 0 Å². The first-order valence-corrected chi connectivity index (χ1v) is 12.9. The minimum atomic E-state index is -1.11. The molecule has 3 atom stereocenters. The third kappa shape index (κ3) is 4.14. The summed E-state index contributed by atoms with van der Waals surface area (Å²) in [5.41, 5.74) is 19.5. The van der Waals surface area contributed by atoms with E-state index in [1.807, 2.05) is 35.4 Å². The number of H-pyrrole nitrogens is 1. The number of ether oxygens (including phenoxy) is 1. The predicted octanol–water partition coefficient (Wildman–Crippen LogP) is 1.12. The largest absolute Gasteiger partial charge is 0.388 e. The number of imidazole rings is 1. The first kappa shape index (κ1) is 24.6. The van der Waals surface area contributed by atoms with Crippen LogP contribution in [0.4, 0.5) is 11.8 Å².